The zero-order valence-corrected chi connectivity index (χ0v) is 13.9. The number of nitrogens with zero attached hydrogens (tertiary/aromatic N) is 2. The number of H-pyrrole nitrogens is 1. The normalized spacial score (nSPS) is 18.0. The molecule has 2 heterocycles. The number of oxime groups is 1. The Kier molecular flexibility index (Phi) is 5.57. The van der Waals surface area contributed by atoms with Crippen LogP contribution in [-0.2, 0) is 14.4 Å². The highest BCUT2D eigenvalue weighted by Gasteiger charge is 2.50. The molecule has 27 heavy (non-hydrogen) atoms. The molecule has 1 unspecified atom stereocenters. The number of halogens is 3. The van der Waals surface area contributed by atoms with E-state index in [0.29, 0.717) is 0 Å². The van der Waals surface area contributed by atoms with Gasteiger partial charge >= 0.3 is 18.1 Å². The van der Waals surface area contributed by atoms with Crippen LogP contribution in [0.3, 0.4) is 0 Å². The van der Waals surface area contributed by atoms with Crippen molar-refractivity contribution in [2.45, 2.75) is 12.2 Å². The van der Waals surface area contributed by atoms with Gasteiger partial charge in [-0.25, -0.2) is 4.79 Å². The Labute approximate surface area is 149 Å². The van der Waals surface area contributed by atoms with Gasteiger partial charge in [0, 0.05) is 11.6 Å². The average Bonchev–Trinajstić information content (AvgIpc) is 2.59. The van der Waals surface area contributed by atoms with E-state index in [4.69, 9.17) is 9.57 Å². The van der Waals surface area contributed by atoms with Crippen LogP contribution in [-0.4, -0.2) is 59.0 Å². The second kappa shape index (κ2) is 7.51. The van der Waals surface area contributed by atoms with Gasteiger partial charge in [0.2, 0.25) is 0 Å². The van der Waals surface area contributed by atoms with Gasteiger partial charge in [-0.05, 0) is 0 Å². The van der Waals surface area contributed by atoms with Crippen LogP contribution in [0.4, 0.5) is 13.2 Å². The topological polar surface area (TPSA) is 121 Å². The third-order valence-electron chi connectivity index (χ3n) is 3.58. The Hall–Kier alpha value is -3.31. The number of aromatic nitrogens is 1. The third-order valence-corrected chi connectivity index (χ3v) is 3.58. The molecule has 1 aromatic rings. The molecule has 1 aromatic heterocycles. The summed E-state index contributed by atoms with van der Waals surface area (Å²) in [4.78, 5) is 42.9. The molecule has 1 amide bonds. The third kappa shape index (κ3) is 3.93. The first-order valence-corrected chi connectivity index (χ1v) is 7.33. The van der Waals surface area contributed by atoms with Crippen LogP contribution in [0.1, 0.15) is 17.2 Å². The minimum absolute atomic E-state index is 0.0552. The van der Waals surface area contributed by atoms with Gasteiger partial charge in [0.05, 0.1) is 19.2 Å². The number of amides is 1. The van der Waals surface area contributed by atoms with Crippen molar-refractivity contribution in [1.82, 2.24) is 9.88 Å². The SMILES string of the molecule is C=CCON=C1CN(C(=O)C(F)(F)F)C(C(=O)O)c2cc(OC)[nH]c(=O)c21. The Bertz CT molecular complexity index is 861. The van der Waals surface area contributed by atoms with E-state index >= 15 is 0 Å². The fourth-order valence-electron chi connectivity index (χ4n) is 2.54. The average molecular weight is 389 g/mol. The van der Waals surface area contributed by atoms with Crippen molar-refractivity contribution in [3.05, 3.63) is 40.2 Å². The summed E-state index contributed by atoms with van der Waals surface area (Å²) < 4.78 is 43.7. The van der Waals surface area contributed by atoms with Crippen LogP contribution in [0, 0.1) is 0 Å². The predicted octanol–water partition coefficient (Wildman–Crippen LogP) is 0.820. The number of fused-ring (bicyclic) bond motifs is 1. The van der Waals surface area contributed by atoms with Crippen LogP contribution in [0.2, 0.25) is 0 Å². The van der Waals surface area contributed by atoms with Crippen molar-refractivity contribution in [3.63, 3.8) is 0 Å². The van der Waals surface area contributed by atoms with Gasteiger partial charge < -0.3 is 19.6 Å². The molecule has 2 rings (SSSR count). The van der Waals surface area contributed by atoms with Crippen molar-refractivity contribution < 1.29 is 37.4 Å². The molecule has 1 aliphatic heterocycles. The number of rotatable bonds is 5. The lowest BCUT2D eigenvalue weighted by atomic mass is 9.92. The molecule has 2 N–H and O–H groups in total. The van der Waals surface area contributed by atoms with E-state index in [1.807, 2.05) is 0 Å². The first kappa shape index (κ1) is 20.0. The number of pyridine rings is 1. The first-order valence-electron chi connectivity index (χ1n) is 7.33. The number of aromatic amines is 1. The largest absolute Gasteiger partial charge is 0.482 e. The summed E-state index contributed by atoms with van der Waals surface area (Å²) in [7, 11) is 1.16. The molecule has 0 radical (unpaired) electrons. The molecule has 0 aromatic carbocycles. The highest BCUT2D eigenvalue weighted by atomic mass is 19.4. The Morgan fingerprint density at radius 1 is 1.52 bits per heavy atom. The fourth-order valence-corrected chi connectivity index (χ4v) is 2.54. The lowest BCUT2D eigenvalue weighted by Crippen LogP contribution is -2.52. The minimum atomic E-state index is -5.33. The summed E-state index contributed by atoms with van der Waals surface area (Å²) in [5.74, 6) is -4.35. The van der Waals surface area contributed by atoms with Gasteiger partial charge in [-0.2, -0.15) is 13.2 Å². The van der Waals surface area contributed by atoms with Crippen molar-refractivity contribution in [3.8, 4) is 5.88 Å². The summed E-state index contributed by atoms with van der Waals surface area (Å²) in [6, 6.07) is -1.04. The van der Waals surface area contributed by atoms with E-state index in [1.54, 1.807) is 0 Å². The van der Waals surface area contributed by atoms with E-state index in [9.17, 15) is 32.7 Å². The molecule has 0 spiro atoms. The maximum absolute atomic E-state index is 12.9. The molecule has 1 atom stereocenters. The van der Waals surface area contributed by atoms with Gasteiger partial charge in [0.1, 0.15) is 12.3 Å². The first-order chi connectivity index (χ1) is 12.6. The molecule has 1 aliphatic rings. The number of nitrogens with one attached hydrogen (secondary N) is 1. The number of alkyl halides is 3. The number of hydrogen-bond acceptors (Lipinski definition) is 6. The Morgan fingerprint density at radius 2 is 2.19 bits per heavy atom. The predicted molar refractivity (Wildman–Crippen MR) is 84.4 cm³/mol. The maximum atomic E-state index is 12.9. The monoisotopic (exact) mass is 389 g/mol. The number of aliphatic carboxylic acids is 1. The summed E-state index contributed by atoms with van der Waals surface area (Å²) in [6.45, 7) is 2.35. The van der Waals surface area contributed by atoms with Gasteiger partial charge in [-0.1, -0.05) is 17.8 Å². The van der Waals surface area contributed by atoms with Gasteiger partial charge in [0.15, 0.2) is 11.9 Å². The highest BCUT2D eigenvalue weighted by Crippen LogP contribution is 2.33. The molecule has 0 saturated carbocycles. The van der Waals surface area contributed by atoms with Crippen LogP contribution in [0.15, 0.2) is 28.7 Å². The Morgan fingerprint density at radius 3 is 2.70 bits per heavy atom. The van der Waals surface area contributed by atoms with E-state index < -0.39 is 36.2 Å². The van der Waals surface area contributed by atoms with Crippen molar-refractivity contribution in [2.24, 2.45) is 5.16 Å². The van der Waals surface area contributed by atoms with Crippen molar-refractivity contribution >= 4 is 17.6 Å². The molecular formula is C15H14F3N3O6. The smallest absolute Gasteiger partial charge is 0.471 e. The van der Waals surface area contributed by atoms with Crippen LogP contribution >= 0.6 is 0 Å². The number of ether oxygens (including phenoxy) is 1. The number of carbonyl (C=O) groups excluding carboxylic acids is 1. The molecule has 0 bridgehead atoms. The second-order valence-electron chi connectivity index (χ2n) is 5.29. The standard InChI is InChI=1S/C15H14F3N3O6/c1-3-4-27-20-8-6-21(14(25)15(16,17)18)11(13(23)24)7-5-9(26-2)19-12(22)10(7)8/h3,5,11H,1,4,6H2,2H3,(H,19,22)(H,23,24). The maximum Gasteiger partial charge on any atom is 0.471 e. The lowest BCUT2D eigenvalue weighted by Gasteiger charge is -2.34. The zero-order valence-electron chi connectivity index (χ0n) is 13.9. The summed E-state index contributed by atoms with van der Waals surface area (Å²) >= 11 is 0. The number of carboxylic acids is 1. The lowest BCUT2D eigenvalue weighted by molar-refractivity contribution is -0.189. The molecular weight excluding hydrogens is 375 g/mol. The van der Waals surface area contributed by atoms with Crippen LogP contribution < -0.4 is 10.3 Å². The fraction of sp³-hybridized carbons (Fsp3) is 0.333. The number of hydrogen-bond donors (Lipinski definition) is 2. The minimum Gasteiger partial charge on any atom is -0.482 e. The highest BCUT2D eigenvalue weighted by molar-refractivity contribution is 6.08. The quantitative estimate of drug-likeness (QED) is 0.437. The number of methoxy groups -OCH3 is 1. The van der Waals surface area contributed by atoms with E-state index in [0.717, 1.165) is 13.2 Å². The van der Waals surface area contributed by atoms with Gasteiger partial charge in [0.25, 0.3) is 5.56 Å². The van der Waals surface area contributed by atoms with Crippen LogP contribution in [0.25, 0.3) is 0 Å². The number of carbonyl (C=O) groups is 2. The molecule has 0 aliphatic carbocycles. The van der Waals surface area contributed by atoms with Crippen molar-refractivity contribution in [2.75, 3.05) is 20.3 Å². The molecule has 146 valence electrons. The zero-order chi connectivity index (χ0) is 20.4. The van der Waals surface area contributed by atoms with Gasteiger partial charge in [-0.15, -0.1) is 0 Å². The summed E-state index contributed by atoms with van der Waals surface area (Å²) in [5, 5.41) is 13.0. The summed E-state index contributed by atoms with van der Waals surface area (Å²) in [6.07, 6.45) is -4.03. The van der Waals surface area contributed by atoms with Crippen LogP contribution in [0.5, 0.6) is 5.88 Å². The Balaban J connectivity index is 2.72. The van der Waals surface area contributed by atoms with Gasteiger partial charge in [-0.3, -0.25) is 14.6 Å². The second-order valence-corrected chi connectivity index (χ2v) is 5.29. The molecule has 0 fully saturated rings. The molecule has 0 saturated heterocycles. The van der Waals surface area contributed by atoms with E-state index in [2.05, 4.69) is 16.7 Å². The van der Waals surface area contributed by atoms with E-state index in [-0.39, 0.29) is 34.2 Å². The number of carboxylic acid groups (broad SMARTS) is 1. The molecule has 9 nitrogen and oxygen atoms in total. The van der Waals surface area contributed by atoms with E-state index in [1.165, 1.54) is 6.08 Å². The molecule has 12 heteroatoms. The van der Waals surface area contributed by atoms with Crippen molar-refractivity contribution in [1.29, 1.82) is 0 Å². The summed E-state index contributed by atoms with van der Waals surface area (Å²) in [5.41, 5.74) is -1.88.